The SMILES string of the molecule is CCCCC(CC)CNC(=NCC(C)C)NN. The van der Waals surface area contributed by atoms with Crippen molar-refractivity contribution in [1.29, 1.82) is 0 Å². The van der Waals surface area contributed by atoms with Crippen LogP contribution in [0.4, 0.5) is 0 Å². The van der Waals surface area contributed by atoms with Crippen LogP contribution in [0.1, 0.15) is 53.4 Å². The maximum Gasteiger partial charge on any atom is 0.205 e. The van der Waals surface area contributed by atoms with E-state index in [9.17, 15) is 0 Å². The molecule has 0 rings (SSSR count). The summed E-state index contributed by atoms with van der Waals surface area (Å²) in [5.74, 6) is 7.43. The average molecular weight is 242 g/mol. The quantitative estimate of drug-likeness (QED) is 0.265. The molecule has 0 aliphatic rings. The van der Waals surface area contributed by atoms with Gasteiger partial charge >= 0.3 is 0 Å². The molecule has 0 aromatic rings. The molecule has 4 nitrogen and oxygen atoms in total. The van der Waals surface area contributed by atoms with E-state index < -0.39 is 0 Å². The van der Waals surface area contributed by atoms with Crippen LogP contribution in [0.5, 0.6) is 0 Å². The van der Waals surface area contributed by atoms with Gasteiger partial charge in [-0.3, -0.25) is 10.4 Å². The van der Waals surface area contributed by atoms with Crippen molar-refractivity contribution in [3.8, 4) is 0 Å². The first-order chi connectivity index (χ1) is 8.13. The Kier molecular flexibility index (Phi) is 9.92. The highest BCUT2D eigenvalue weighted by Gasteiger charge is 2.06. The average Bonchev–Trinajstić information content (AvgIpc) is 2.32. The molecular weight excluding hydrogens is 212 g/mol. The first kappa shape index (κ1) is 16.2. The third-order valence-electron chi connectivity index (χ3n) is 2.85. The van der Waals surface area contributed by atoms with Crippen LogP contribution in [-0.2, 0) is 0 Å². The molecule has 0 bridgehead atoms. The third kappa shape index (κ3) is 8.98. The van der Waals surface area contributed by atoms with Gasteiger partial charge < -0.3 is 5.32 Å². The van der Waals surface area contributed by atoms with Gasteiger partial charge in [0.2, 0.25) is 5.96 Å². The molecule has 0 aromatic carbocycles. The van der Waals surface area contributed by atoms with Crippen molar-refractivity contribution in [3.63, 3.8) is 0 Å². The molecule has 4 N–H and O–H groups in total. The normalized spacial score (nSPS) is 13.9. The largest absolute Gasteiger partial charge is 0.355 e. The first-order valence-corrected chi connectivity index (χ1v) is 6.88. The van der Waals surface area contributed by atoms with E-state index in [0.717, 1.165) is 13.1 Å². The Morgan fingerprint density at radius 2 is 2.00 bits per heavy atom. The number of hydrogen-bond donors (Lipinski definition) is 3. The molecule has 4 heteroatoms. The summed E-state index contributed by atoms with van der Waals surface area (Å²) >= 11 is 0. The molecule has 0 spiro atoms. The number of nitrogens with zero attached hydrogens (tertiary/aromatic N) is 1. The summed E-state index contributed by atoms with van der Waals surface area (Å²) in [4.78, 5) is 4.40. The fourth-order valence-electron chi connectivity index (χ4n) is 1.61. The second-order valence-corrected chi connectivity index (χ2v) is 5.02. The van der Waals surface area contributed by atoms with Gasteiger partial charge in [0.15, 0.2) is 0 Å². The van der Waals surface area contributed by atoms with Crippen molar-refractivity contribution in [1.82, 2.24) is 10.7 Å². The minimum Gasteiger partial charge on any atom is -0.355 e. The van der Waals surface area contributed by atoms with Crippen molar-refractivity contribution in [2.24, 2.45) is 22.7 Å². The van der Waals surface area contributed by atoms with Crippen molar-refractivity contribution >= 4 is 5.96 Å². The summed E-state index contributed by atoms with van der Waals surface area (Å²) in [5.41, 5.74) is 2.63. The predicted octanol–water partition coefficient (Wildman–Crippen LogP) is 2.27. The van der Waals surface area contributed by atoms with Crippen LogP contribution in [0.2, 0.25) is 0 Å². The summed E-state index contributed by atoms with van der Waals surface area (Å²) in [7, 11) is 0. The Bertz CT molecular complexity index is 202. The van der Waals surface area contributed by atoms with Crippen LogP contribution < -0.4 is 16.6 Å². The smallest absolute Gasteiger partial charge is 0.205 e. The van der Waals surface area contributed by atoms with Crippen molar-refractivity contribution in [2.45, 2.75) is 53.4 Å². The van der Waals surface area contributed by atoms with Gasteiger partial charge in [0.1, 0.15) is 0 Å². The van der Waals surface area contributed by atoms with Gasteiger partial charge in [0, 0.05) is 13.1 Å². The number of hydrogen-bond acceptors (Lipinski definition) is 2. The van der Waals surface area contributed by atoms with Crippen molar-refractivity contribution in [3.05, 3.63) is 0 Å². The molecule has 0 amide bonds. The number of unbranched alkanes of at least 4 members (excludes halogenated alkanes) is 1. The van der Waals surface area contributed by atoms with Crippen LogP contribution >= 0.6 is 0 Å². The van der Waals surface area contributed by atoms with E-state index in [2.05, 4.69) is 43.4 Å². The minimum atomic E-state index is 0.558. The second kappa shape index (κ2) is 10.4. The number of nitrogens with one attached hydrogen (secondary N) is 2. The topological polar surface area (TPSA) is 62.4 Å². The van der Waals surface area contributed by atoms with Gasteiger partial charge in [-0.25, -0.2) is 5.84 Å². The zero-order chi connectivity index (χ0) is 13.1. The number of nitrogens with two attached hydrogens (primary N) is 1. The number of hydrazine groups is 1. The molecule has 102 valence electrons. The van der Waals surface area contributed by atoms with Gasteiger partial charge in [-0.15, -0.1) is 0 Å². The van der Waals surface area contributed by atoms with E-state index in [1.165, 1.54) is 25.7 Å². The Hall–Kier alpha value is -0.770. The second-order valence-electron chi connectivity index (χ2n) is 5.02. The molecule has 0 heterocycles. The molecule has 17 heavy (non-hydrogen) atoms. The van der Waals surface area contributed by atoms with E-state index >= 15 is 0 Å². The van der Waals surface area contributed by atoms with E-state index in [1.807, 2.05) is 0 Å². The maximum atomic E-state index is 5.44. The summed E-state index contributed by atoms with van der Waals surface area (Å²) in [6.45, 7) is 10.5. The summed E-state index contributed by atoms with van der Waals surface area (Å²) < 4.78 is 0. The highest BCUT2D eigenvalue weighted by Crippen LogP contribution is 2.10. The highest BCUT2D eigenvalue weighted by molar-refractivity contribution is 5.79. The lowest BCUT2D eigenvalue weighted by atomic mass is 9.99. The molecule has 0 saturated carbocycles. The lowest BCUT2D eigenvalue weighted by Crippen LogP contribution is -2.43. The third-order valence-corrected chi connectivity index (χ3v) is 2.85. The highest BCUT2D eigenvalue weighted by atomic mass is 15.3. The zero-order valence-corrected chi connectivity index (χ0v) is 11.9. The molecule has 0 aliphatic carbocycles. The van der Waals surface area contributed by atoms with Gasteiger partial charge in [-0.05, 0) is 18.3 Å². The molecule has 0 saturated heterocycles. The molecule has 0 aliphatic heterocycles. The Morgan fingerprint density at radius 1 is 1.29 bits per heavy atom. The molecule has 0 fully saturated rings. The molecule has 0 aromatic heterocycles. The fraction of sp³-hybridized carbons (Fsp3) is 0.923. The molecule has 0 radical (unpaired) electrons. The Labute approximate surface area is 106 Å². The molecule has 1 unspecified atom stereocenters. The number of rotatable bonds is 8. The zero-order valence-electron chi connectivity index (χ0n) is 11.9. The van der Waals surface area contributed by atoms with Crippen LogP contribution in [0, 0.1) is 11.8 Å². The minimum absolute atomic E-state index is 0.558. The predicted molar refractivity (Wildman–Crippen MR) is 75.8 cm³/mol. The monoisotopic (exact) mass is 242 g/mol. The lowest BCUT2D eigenvalue weighted by molar-refractivity contribution is 0.443. The van der Waals surface area contributed by atoms with E-state index in [0.29, 0.717) is 17.8 Å². The standard InChI is InChI=1S/C13H30N4/c1-5-7-8-12(6-2)10-16-13(17-14)15-9-11(3)4/h11-12H,5-10,14H2,1-4H3,(H2,15,16,17). The van der Waals surface area contributed by atoms with Gasteiger partial charge in [-0.2, -0.15) is 0 Å². The maximum absolute atomic E-state index is 5.44. The Balaban J connectivity index is 3.97. The van der Waals surface area contributed by atoms with E-state index in [-0.39, 0.29) is 0 Å². The van der Waals surface area contributed by atoms with Crippen LogP contribution in [0.3, 0.4) is 0 Å². The van der Waals surface area contributed by atoms with Gasteiger partial charge in [-0.1, -0.05) is 47.0 Å². The number of aliphatic imine (C=N–C) groups is 1. The lowest BCUT2D eigenvalue weighted by Gasteiger charge is -2.17. The first-order valence-electron chi connectivity index (χ1n) is 6.88. The fourth-order valence-corrected chi connectivity index (χ4v) is 1.61. The van der Waals surface area contributed by atoms with Gasteiger partial charge in [0.25, 0.3) is 0 Å². The molecular formula is C13H30N4. The van der Waals surface area contributed by atoms with Crippen LogP contribution in [0.15, 0.2) is 4.99 Å². The van der Waals surface area contributed by atoms with E-state index in [1.54, 1.807) is 0 Å². The van der Waals surface area contributed by atoms with Crippen molar-refractivity contribution in [2.75, 3.05) is 13.1 Å². The van der Waals surface area contributed by atoms with Gasteiger partial charge in [0.05, 0.1) is 0 Å². The molecule has 1 atom stereocenters. The van der Waals surface area contributed by atoms with Crippen molar-refractivity contribution < 1.29 is 0 Å². The summed E-state index contributed by atoms with van der Waals surface area (Å²) in [5, 5.41) is 3.30. The summed E-state index contributed by atoms with van der Waals surface area (Å²) in [6, 6.07) is 0. The van der Waals surface area contributed by atoms with E-state index in [4.69, 9.17) is 5.84 Å². The van der Waals surface area contributed by atoms with Crippen LogP contribution in [0.25, 0.3) is 0 Å². The Morgan fingerprint density at radius 3 is 2.47 bits per heavy atom. The number of guanidine groups is 1. The van der Waals surface area contributed by atoms with Crippen LogP contribution in [-0.4, -0.2) is 19.0 Å². The summed E-state index contributed by atoms with van der Waals surface area (Å²) in [6.07, 6.45) is 5.05.